The highest BCUT2D eigenvalue weighted by molar-refractivity contribution is 4.90. The fourth-order valence-corrected chi connectivity index (χ4v) is 3.52. The number of nitrogens with two attached hydrogens (primary N) is 1. The van der Waals surface area contributed by atoms with Crippen molar-refractivity contribution in [3.63, 3.8) is 0 Å². The van der Waals surface area contributed by atoms with E-state index in [4.69, 9.17) is 5.73 Å². The van der Waals surface area contributed by atoms with Crippen molar-refractivity contribution < 1.29 is 0 Å². The van der Waals surface area contributed by atoms with Crippen LogP contribution in [-0.2, 0) is 0 Å². The van der Waals surface area contributed by atoms with Crippen LogP contribution in [0.15, 0.2) is 0 Å². The van der Waals surface area contributed by atoms with Gasteiger partial charge in [-0.2, -0.15) is 0 Å². The molecule has 0 aromatic rings. The van der Waals surface area contributed by atoms with Crippen LogP contribution < -0.4 is 5.73 Å². The first-order valence-electron chi connectivity index (χ1n) is 7.22. The molecule has 0 saturated heterocycles. The molecule has 0 aromatic carbocycles. The Morgan fingerprint density at radius 2 is 1.81 bits per heavy atom. The molecule has 2 N–H and O–H groups in total. The standard InChI is InChI=1S/C15H31N/c1-6-7-11(4)13-8-12(5)14(9-13)15(16)10(2)3/h10-15H,6-9,16H2,1-5H3. The summed E-state index contributed by atoms with van der Waals surface area (Å²) in [6, 6.07) is 0.411. The van der Waals surface area contributed by atoms with Gasteiger partial charge in [0.25, 0.3) is 0 Å². The van der Waals surface area contributed by atoms with E-state index in [2.05, 4.69) is 34.6 Å². The van der Waals surface area contributed by atoms with Crippen molar-refractivity contribution in [2.75, 3.05) is 0 Å². The van der Waals surface area contributed by atoms with Crippen LogP contribution in [0.4, 0.5) is 0 Å². The summed E-state index contributed by atoms with van der Waals surface area (Å²) in [5.41, 5.74) is 6.35. The molecule has 5 unspecified atom stereocenters. The first-order valence-corrected chi connectivity index (χ1v) is 7.22. The van der Waals surface area contributed by atoms with E-state index in [1.807, 2.05) is 0 Å². The van der Waals surface area contributed by atoms with Crippen molar-refractivity contribution in [1.29, 1.82) is 0 Å². The van der Waals surface area contributed by atoms with Crippen molar-refractivity contribution in [1.82, 2.24) is 0 Å². The lowest BCUT2D eigenvalue weighted by molar-refractivity contribution is 0.279. The average Bonchev–Trinajstić information content (AvgIpc) is 2.59. The van der Waals surface area contributed by atoms with E-state index < -0.39 is 0 Å². The fraction of sp³-hybridized carbons (Fsp3) is 1.00. The third kappa shape index (κ3) is 3.23. The number of hydrogen-bond donors (Lipinski definition) is 1. The molecule has 0 bridgehead atoms. The molecule has 0 aromatic heterocycles. The smallest absolute Gasteiger partial charge is 0.00930 e. The Morgan fingerprint density at radius 1 is 1.19 bits per heavy atom. The molecule has 1 nitrogen and oxygen atoms in total. The van der Waals surface area contributed by atoms with Gasteiger partial charge in [0, 0.05) is 6.04 Å². The molecule has 1 heteroatoms. The van der Waals surface area contributed by atoms with Crippen LogP contribution in [0.2, 0.25) is 0 Å². The van der Waals surface area contributed by atoms with E-state index in [0.29, 0.717) is 12.0 Å². The van der Waals surface area contributed by atoms with Gasteiger partial charge < -0.3 is 5.73 Å². The van der Waals surface area contributed by atoms with Gasteiger partial charge in [-0.3, -0.25) is 0 Å². The molecule has 0 spiro atoms. The summed E-state index contributed by atoms with van der Waals surface area (Å²) in [5, 5.41) is 0. The molecule has 0 amide bonds. The summed E-state index contributed by atoms with van der Waals surface area (Å²) in [4.78, 5) is 0. The van der Waals surface area contributed by atoms with Crippen molar-refractivity contribution in [3.05, 3.63) is 0 Å². The molecule has 1 saturated carbocycles. The third-order valence-corrected chi connectivity index (χ3v) is 4.79. The van der Waals surface area contributed by atoms with Crippen molar-refractivity contribution in [3.8, 4) is 0 Å². The molecule has 1 aliphatic rings. The highest BCUT2D eigenvalue weighted by atomic mass is 14.7. The maximum Gasteiger partial charge on any atom is 0.00930 e. The monoisotopic (exact) mass is 225 g/mol. The van der Waals surface area contributed by atoms with Crippen LogP contribution in [-0.4, -0.2) is 6.04 Å². The minimum absolute atomic E-state index is 0.411. The quantitative estimate of drug-likeness (QED) is 0.750. The Hall–Kier alpha value is -0.0400. The minimum atomic E-state index is 0.411. The lowest BCUT2D eigenvalue weighted by Gasteiger charge is -2.26. The van der Waals surface area contributed by atoms with Crippen LogP contribution in [0.5, 0.6) is 0 Å². The van der Waals surface area contributed by atoms with Crippen LogP contribution in [0.3, 0.4) is 0 Å². The molecule has 1 aliphatic carbocycles. The Kier molecular flexibility index (Phi) is 5.30. The van der Waals surface area contributed by atoms with Crippen molar-refractivity contribution >= 4 is 0 Å². The van der Waals surface area contributed by atoms with Gasteiger partial charge in [-0.05, 0) is 42.4 Å². The molecule has 0 aliphatic heterocycles. The first-order chi connectivity index (χ1) is 7.47. The van der Waals surface area contributed by atoms with Crippen LogP contribution >= 0.6 is 0 Å². The average molecular weight is 225 g/mol. The predicted molar refractivity (Wildman–Crippen MR) is 72.3 cm³/mol. The summed E-state index contributed by atoms with van der Waals surface area (Å²) in [6.45, 7) is 11.7. The summed E-state index contributed by atoms with van der Waals surface area (Å²) in [7, 11) is 0. The molecule has 96 valence electrons. The Labute approximate surface area is 102 Å². The molecule has 0 heterocycles. The largest absolute Gasteiger partial charge is 0.327 e. The maximum absolute atomic E-state index is 6.35. The molecule has 5 atom stereocenters. The van der Waals surface area contributed by atoms with Gasteiger partial charge >= 0.3 is 0 Å². The second-order valence-corrected chi connectivity index (χ2v) is 6.46. The lowest BCUT2D eigenvalue weighted by atomic mass is 9.83. The van der Waals surface area contributed by atoms with Gasteiger partial charge in [0.1, 0.15) is 0 Å². The van der Waals surface area contributed by atoms with E-state index in [1.165, 1.54) is 25.7 Å². The summed E-state index contributed by atoms with van der Waals surface area (Å²) >= 11 is 0. The van der Waals surface area contributed by atoms with Gasteiger partial charge in [-0.1, -0.05) is 47.5 Å². The van der Waals surface area contributed by atoms with E-state index in [1.54, 1.807) is 0 Å². The van der Waals surface area contributed by atoms with Gasteiger partial charge in [-0.15, -0.1) is 0 Å². The highest BCUT2D eigenvalue weighted by Crippen LogP contribution is 2.43. The fourth-order valence-electron chi connectivity index (χ4n) is 3.52. The van der Waals surface area contributed by atoms with Crippen molar-refractivity contribution in [2.45, 2.75) is 66.3 Å². The van der Waals surface area contributed by atoms with E-state index in [-0.39, 0.29) is 0 Å². The van der Waals surface area contributed by atoms with Crippen LogP contribution in [0, 0.1) is 29.6 Å². The third-order valence-electron chi connectivity index (χ3n) is 4.79. The lowest BCUT2D eigenvalue weighted by Crippen LogP contribution is -2.36. The normalized spacial score (nSPS) is 34.3. The summed E-state index contributed by atoms with van der Waals surface area (Å²) < 4.78 is 0. The number of hydrogen-bond acceptors (Lipinski definition) is 1. The molecule has 16 heavy (non-hydrogen) atoms. The molecular formula is C15H31N. The zero-order chi connectivity index (χ0) is 12.3. The molecule has 1 rings (SSSR count). The van der Waals surface area contributed by atoms with E-state index in [9.17, 15) is 0 Å². The predicted octanol–water partition coefficient (Wildman–Crippen LogP) is 4.07. The summed E-state index contributed by atoms with van der Waals surface area (Å²) in [5.74, 6) is 4.07. The second-order valence-electron chi connectivity index (χ2n) is 6.46. The second kappa shape index (κ2) is 6.05. The summed E-state index contributed by atoms with van der Waals surface area (Å²) in [6.07, 6.45) is 5.50. The van der Waals surface area contributed by atoms with Crippen LogP contribution in [0.1, 0.15) is 60.3 Å². The SMILES string of the molecule is CCCC(C)C1CC(C)C(C(N)C(C)C)C1. The van der Waals surface area contributed by atoms with Gasteiger partial charge in [0.2, 0.25) is 0 Å². The number of rotatable bonds is 5. The highest BCUT2D eigenvalue weighted by Gasteiger charge is 2.37. The maximum atomic E-state index is 6.35. The Morgan fingerprint density at radius 3 is 2.31 bits per heavy atom. The van der Waals surface area contributed by atoms with Gasteiger partial charge in [-0.25, -0.2) is 0 Å². The van der Waals surface area contributed by atoms with Gasteiger partial charge in [0.15, 0.2) is 0 Å². The Bertz CT molecular complexity index is 200. The topological polar surface area (TPSA) is 26.0 Å². The first kappa shape index (κ1) is 14.0. The molecule has 0 radical (unpaired) electrons. The van der Waals surface area contributed by atoms with Crippen LogP contribution in [0.25, 0.3) is 0 Å². The van der Waals surface area contributed by atoms with Crippen molar-refractivity contribution in [2.24, 2.45) is 35.3 Å². The van der Waals surface area contributed by atoms with E-state index >= 15 is 0 Å². The Balaban J connectivity index is 2.53. The minimum Gasteiger partial charge on any atom is -0.327 e. The zero-order valence-corrected chi connectivity index (χ0v) is 11.9. The zero-order valence-electron chi connectivity index (χ0n) is 11.9. The molecule has 1 fully saturated rings. The van der Waals surface area contributed by atoms with Gasteiger partial charge in [0.05, 0.1) is 0 Å². The van der Waals surface area contributed by atoms with E-state index in [0.717, 1.165) is 23.7 Å². The molecular weight excluding hydrogens is 194 g/mol.